The van der Waals surface area contributed by atoms with Crippen molar-refractivity contribution in [2.24, 2.45) is 0 Å². The molecule has 104 valence electrons. The highest BCUT2D eigenvalue weighted by Crippen LogP contribution is 1.98. The number of hydrogen-bond donors (Lipinski definition) is 2. The summed E-state index contributed by atoms with van der Waals surface area (Å²) in [4.78, 5) is 23.1. The second-order valence-electron chi connectivity index (χ2n) is 4.52. The van der Waals surface area contributed by atoms with Crippen LogP contribution in [0.4, 0.5) is 4.79 Å². The second-order valence-corrected chi connectivity index (χ2v) is 4.52. The maximum absolute atomic E-state index is 11.8. The van der Waals surface area contributed by atoms with Crippen molar-refractivity contribution in [2.75, 3.05) is 0 Å². The molecule has 0 fully saturated rings. The summed E-state index contributed by atoms with van der Waals surface area (Å²) in [6.45, 7) is 5.55. The third kappa shape index (κ3) is 5.90. The summed E-state index contributed by atoms with van der Waals surface area (Å²) in [6, 6.07) is 8.94. The smallest absolute Gasteiger partial charge is 0.408 e. The van der Waals surface area contributed by atoms with Crippen LogP contribution >= 0.6 is 0 Å². The lowest BCUT2D eigenvalue weighted by Gasteiger charge is -2.15. The minimum atomic E-state index is -0.630. The van der Waals surface area contributed by atoms with Crippen molar-refractivity contribution in [3.63, 3.8) is 0 Å². The van der Waals surface area contributed by atoms with Crippen LogP contribution in [0.3, 0.4) is 0 Å². The first kappa shape index (κ1) is 15.0. The van der Waals surface area contributed by atoms with Crippen molar-refractivity contribution in [3.05, 3.63) is 35.9 Å². The van der Waals surface area contributed by atoms with Gasteiger partial charge in [-0.05, 0) is 26.3 Å². The average molecular weight is 264 g/mol. The van der Waals surface area contributed by atoms with Crippen LogP contribution in [-0.4, -0.2) is 24.1 Å². The van der Waals surface area contributed by atoms with Gasteiger partial charge in [0, 0.05) is 6.54 Å². The van der Waals surface area contributed by atoms with Crippen LogP contribution in [0.2, 0.25) is 0 Å². The molecule has 0 aromatic heterocycles. The van der Waals surface area contributed by atoms with Crippen LogP contribution in [0.5, 0.6) is 0 Å². The topological polar surface area (TPSA) is 67.4 Å². The first-order valence-corrected chi connectivity index (χ1v) is 6.28. The molecule has 0 heterocycles. The molecule has 0 bridgehead atoms. The van der Waals surface area contributed by atoms with Gasteiger partial charge in [0.05, 0.1) is 6.10 Å². The number of carbonyl (C=O) groups excluding carboxylic acids is 2. The van der Waals surface area contributed by atoms with E-state index < -0.39 is 12.1 Å². The molecule has 1 aromatic rings. The molecule has 2 N–H and O–H groups in total. The minimum absolute atomic E-state index is 0.209. The van der Waals surface area contributed by atoms with Gasteiger partial charge in [-0.15, -0.1) is 0 Å². The quantitative estimate of drug-likeness (QED) is 0.852. The van der Waals surface area contributed by atoms with Gasteiger partial charge in [-0.3, -0.25) is 4.79 Å². The van der Waals surface area contributed by atoms with Crippen LogP contribution in [0.15, 0.2) is 30.3 Å². The van der Waals surface area contributed by atoms with Crippen molar-refractivity contribution >= 4 is 12.0 Å². The van der Waals surface area contributed by atoms with Crippen LogP contribution in [0.1, 0.15) is 26.3 Å². The van der Waals surface area contributed by atoms with E-state index >= 15 is 0 Å². The number of ether oxygens (including phenoxy) is 1. The third-order valence-electron chi connectivity index (χ3n) is 2.38. The van der Waals surface area contributed by atoms with E-state index in [1.807, 2.05) is 30.3 Å². The predicted molar refractivity (Wildman–Crippen MR) is 72.5 cm³/mol. The molecule has 0 aliphatic carbocycles. The molecular formula is C14H20N2O3. The molecule has 5 heteroatoms. The Morgan fingerprint density at radius 1 is 1.16 bits per heavy atom. The maximum atomic E-state index is 11.8. The zero-order valence-electron chi connectivity index (χ0n) is 11.5. The summed E-state index contributed by atoms with van der Waals surface area (Å²) >= 11 is 0. The highest BCUT2D eigenvalue weighted by molar-refractivity contribution is 5.85. The summed E-state index contributed by atoms with van der Waals surface area (Å²) in [5, 5.41) is 5.22. The van der Waals surface area contributed by atoms with Crippen LogP contribution in [-0.2, 0) is 16.1 Å². The fourth-order valence-electron chi connectivity index (χ4n) is 1.43. The molecule has 2 amide bonds. The first-order valence-electron chi connectivity index (χ1n) is 6.28. The fourth-order valence-corrected chi connectivity index (χ4v) is 1.43. The Kier molecular flexibility index (Phi) is 5.85. The van der Waals surface area contributed by atoms with Gasteiger partial charge in [0.2, 0.25) is 5.91 Å². The lowest BCUT2D eigenvalue weighted by Crippen LogP contribution is -2.45. The fraction of sp³-hybridized carbons (Fsp3) is 0.429. The highest BCUT2D eigenvalue weighted by atomic mass is 16.6. The molecule has 0 saturated heterocycles. The standard InChI is InChI=1S/C14H20N2O3/c1-10(2)19-14(18)16-11(3)13(17)15-9-12-7-5-4-6-8-12/h4-8,10-11H,9H2,1-3H3,(H,15,17)(H,16,18)/t11-/m0/s1. The number of hydrogen-bond acceptors (Lipinski definition) is 3. The van der Waals surface area contributed by atoms with E-state index in [4.69, 9.17) is 4.74 Å². The minimum Gasteiger partial charge on any atom is -0.447 e. The lowest BCUT2D eigenvalue weighted by molar-refractivity contribution is -0.122. The normalized spacial score (nSPS) is 11.8. The van der Waals surface area contributed by atoms with Crippen molar-refractivity contribution in [3.8, 4) is 0 Å². The van der Waals surface area contributed by atoms with Gasteiger partial charge < -0.3 is 15.4 Å². The second kappa shape index (κ2) is 7.41. The molecule has 0 radical (unpaired) electrons. The monoisotopic (exact) mass is 264 g/mol. The molecule has 0 saturated carbocycles. The molecule has 1 atom stereocenters. The largest absolute Gasteiger partial charge is 0.447 e. The molecule has 1 aromatic carbocycles. The predicted octanol–water partition coefficient (Wildman–Crippen LogP) is 1.83. The van der Waals surface area contributed by atoms with Gasteiger partial charge in [0.1, 0.15) is 6.04 Å². The van der Waals surface area contributed by atoms with Gasteiger partial charge in [-0.25, -0.2) is 4.79 Å². The van der Waals surface area contributed by atoms with Gasteiger partial charge in [0.25, 0.3) is 0 Å². The number of rotatable bonds is 5. The van der Waals surface area contributed by atoms with Crippen molar-refractivity contribution < 1.29 is 14.3 Å². The zero-order valence-corrected chi connectivity index (χ0v) is 11.5. The summed E-state index contributed by atoms with van der Waals surface area (Å²) < 4.78 is 4.90. The Hall–Kier alpha value is -2.04. The molecule has 5 nitrogen and oxygen atoms in total. The number of nitrogens with one attached hydrogen (secondary N) is 2. The molecule has 0 aliphatic rings. The number of alkyl carbamates (subject to hydrolysis) is 1. The molecule has 0 unspecified atom stereocenters. The van der Waals surface area contributed by atoms with E-state index in [1.54, 1.807) is 20.8 Å². The Morgan fingerprint density at radius 3 is 2.37 bits per heavy atom. The van der Waals surface area contributed by atoms with Gasteiger partial charge in [-0.2, -0.15) is 0 Å². The van der Waals surface area contributed by atoms with Crippen molar-refractivity contribution in [1.82, 2.24) is 10.6 Å². The van der Waals surface area contributed by atoms with Crippen LogP contribution < -0.4 is 10.6 Å². The third-order valence-corrected chi connectivity index (χ3v) is 2.38. The molecule has 19 heavy (non-hydrogen) atoms. The lowest BCUT2D eigenvalue weighted by atomic mass is 10.2. The first-order chi connectivity index (χ1) is 8.99. The Labute approximate surface area is 113 Å². The summed E-state index contributed by atoms with van der Waals surface area (Å²) in [7, 11) is 0. The van der Waals surface area contributed by atoms with E-state index in [2.05, 4.69) is 10.6 Å². The Balaban J connectivity index is 2.35. The number of amides is 2. The Bertz CT molecular complexity index is 418. The summed E-state index contributed by atoms with van der Waals surface area (Å²) in [5.41, 5.74) is 1.01. The van der Waals surface area contributed by atoms with Crippen molar-refractivity contribution in [1.29, 1.82) is 0 Å². The van der Waals surface area contributed by atoms with Gasteiger partial charge in [0.15, 0.2) is 0 Å². The molecule has 0 aliphatic heterocycles. The van der Waals surface area contributed by atoms with Crippen molar-refractivity contribution in [2.45, 2.75) is 39.5 Å². The molecule has 0 spiro atoms. The number of carbonyl (C=O) groups is 2. The molecular weight excluding hydrogens is 244 g/mol. The van der Waals surface area contributed by atoms with E-state index in [1.165, 1.54) is 0 Å². The zero-order chi connectivity index (χ0) is 14.3. The van der Waals surface area contributed by atoms with Gasteiger partial charge >= 0.3 is 6.09 Å². The van der Waals surface area contributed by atoms with Crippen LogP contribution in [0.25, 0.3) is 0 Å². The molecule has 1 rings (SSSR count). The highest BCUT2D eigenvalue weighted by Gasteiger charge is 2.16. The SMILES string of the molecule is CC(C)OC(=O)N[C@@H](C)C(=O)NCc1ccccc1. The Morgan fingerprint density at radius 2 is 1.79 bits per heavy atom. The average Bonchev–Trinajstić information content (AvgIpc) is 2.36. The van der Waals surface area contributed by atoms with Gasteiger partial charge in [-0.1, -0.05) is 30.3 Å². The number of benzene rings is 1. The van der Waals surface area contributed by atoms with E-state index in [-0.39, 0.29) is 12.0 Å². The summed E-state index contributed by atoms with van der Waals surface area (Å²) in [5.74, 6) is -0.246. The van der Waals surface area contributed by atoms with E-state index in [0.29, 0.717) is 6.54 Å². The summed E-state index contributed by atoms with van der Waals surface area (Å²) in [6.07, 6.45) is -0.794. The van der Waals surface area contributed by atoms with Crippen LogP contribution in [0, 0.1) is 0 Å². The van der Waals surface area contributed by atoms with E-state index in [0.717, 1.165) is 5.56 Å². The maximum Gasteiger partial charge on any atom is 0.408 e. The van der Waals surface area contributed by atoms with E-state index in [9.17, 15) is 9.59 Å².